The first-order valence-electron chi connectivity index (χ1n) is 2.19. The Morgan fingerprint density at radius 3 is 2.25 bits per heavy atom. The molecule has 1 fully saturated rings. The maximum absolute atomic E-state index is 10.3. The molecule has 48 valence electrons. The van der Waals surface area contributed by atoms with Gasteiger partial charge in [0.15, 0.2) is 0 Å². The van der Waals surface area contributed by atoms with Crippen LogP contribution in [-0.4, -0.2) is 5.79 Å². The third kappa shape index (κ3) is 1.29. The van der Waals surface area contributed by atoms with Gasteiger partial charge in [-0.2, -0.15) is 4.89 Å². The van der Waals surface area contributed by atoms with Gasteiger partial charge in [0.25, 0.3) is 0 Å². The van der Waals surface area contributed by atoms with Crippen LogP contribution in [-0.2, 0) is 18.7 Å². The Balaban J connectivity index is 2.56. The van der Waals surface area contributed by atoms with Crippen LogP contribution in [0.3, 0.4) is 0 Å². The Morgan fingerprint density at radius 2 is 2.12 bits per heavy atom. The SMILES string of the molecule is CC1(C)OO[PH](=O)O1. The molecule has 0 N–H and O–H groups in total. The fraction of sp³-hybridized carbons (Fsp3) is 1.00. The van der Waals surface area contributed by atoms with Crippen molar-refractivity contribution in [3.63, 3.8) is 0 Å². The maximum atomic E-state index is 10.3. The van der Waals surface area contributed by atoms with Gasteiger partial charge in [0.1, 0.15) is 0 Å². The van der Waals surface area contributed by atoms with Crippen molar-refractivity contribution in [2.24, 2.45) is 0 Å². The van der Waals surface area contributed by atoms with E-state index in [0.29, 0.717) is 0 Å². The van der Waals surface area contributed by atoms with Gasteiger partial charge in [0.2, 0.25) is 5.79 Å². The van der Waals surface area contributed by atoms with Gasteiger partial charge in [-0.15, -0.1) is 4.67 Å². The highest BCUT2D eigenvalue weighted by molar-refractivity contribution is 7.33. The largest absolute Gasteiger partial charge is 0.349 e. The van der Waals surface area contributed by atoms with E-state index in [1.54, 1.807) is 13.8 Å². The van der Waals surface area contributed by atoms with Crippen LogP contribution in [0.25, 0.3) is 0 Å². The van der Waals surface area contributed by atoms with E-state index < -0.39 is 14.0 Å². The van der Waals surface area contributed by atoms with Gasteiger partial charge in [0.05, 0.1) is 0 Å². The highest BCUT2D eigenvalue weighted by atomic mass is 31.1. The van der Waals surface area contributed by atoms with Crippen LogP contribution >= 0.6 is 8.25 Å². The summed E-state index contributed by atoms with van der Waals surface area (Å²) in [6, 6.07) is 0. The van der Waals surface area contributed by atoms with Crippen molar-refractivity contribution in [1.29, 1.82) is 0 Å². The van der Waals surface area contributed by atoms with Crippen LogP contribution < -0.4 is 0 Å². The van der Waals surface area contributed by atoms with E-state index in [9.17, 15) is 4.57 Å². The molecule has 4 nitrogen and oxygen atoms in total. The molecule has 1 rings (SSSR count). The van der Waals surface area contributed by atoms with E-state index in [1.165, 1.54) is 0 Å². The molecule has 0 aromatic rings. The molecule has 0 radical (unpaired) electrons. The smallest absolute Gasteiger partial charge is 0.273 e. The average Bonchev–Trinajstić information content (AvgIpc) is 1.82. The lowest BCUT2D eigenvalue weighted by molar-refractivity contribution is -0.289. The van der Waals surface area contributed by atoms with Gasteiger partial charge in [-0.25, -0.2) is 0 Å². The van der Waals surface area contributed by atoms with Crippen LogP contribution in [0.2, 0.25) is 0 Å². The molecule has 0 spiro atoms. The van der Waals surface area contributed by atoms with Crippen LogP contribution in [0, 0.1) is 0 Å². The Kier molecular flexibility index (Phi) is 1.41. The zero-order chi connectivity index (χ0) is 6.20. The topological polar surface area (TPSA) is 44.8 Å². The predicted octanol–water partition coefficient (Wildman–Crippen LogP) is 1.09. The molecule has 0 saturated carbocycles. The summed E-state index contributed by atoms with van der Waals surface area (Å²) in [5.74, 6) is -0.823. The molecular weight excluding hydrogens is 131 g/mol. The zero-order valence-electron chi connectivity index (χ0n) is 4.63. The quantitative estimate of drug-likeness (QED) is 0.371. The molecule has 1 saturated heterocycles. The van der Waals surface area contributed by atoms with E-state index in [-0.39, 0.29) is 0 Å². The summed E-state index contributed by atoms with van der Waals surface area (Å²) in [4.78, 5) is 4.46. The Hall–Kier alpha value is 0.110. The fourth-order valence-electron chi connectivity index (χ4n) is 0.369. The summed E-state index contributed by atoms with van der Waals surface area (Å²) in [5, 5.41) is 0. The second-order valence-electron chi connectivity index (χ2n) is 1.92. The lowest BCUT2D eigenvalue weighted by atomic mass is 10.4. The van der Waals surface area contributed by atoms with E-state index in [1.807, 2.05) is 0 Å². The van der Waals surface area contributed by atoms with E-state index in [4.69, 9.17) is 0 Å². The van der Waals surface area contributed by atoms with Crippen LogP contribution in [0.4, 0.5) is 0 Å². The van der Waals surface area contributed by atoms with Crippen molar-refractivity contribution < 1.29 is 18.7 Å². The summed E-state index contributed by atoms with van der Waals surface area (Å²) in [6.45, 7) is 3.26. The molecular formula is C3H7O4P. The Labute approximate surface area is 47.6 Å². The monoisotopic (exact) mass is 138 g/mol. The standard InChI is InChI=1S/C3H7O4P/c1-3(2)5-7-8(4)6-3/h8H,1-2H3. The van der Waals surface area contributed by atoms with Crippen molar-refractivity contribution in [2.45, 2.75) is 19.6 Å². The summed E-state index contributed by atoms with van der Waals surface area (Å²) in [7, 11) is -2.34. The van der Waals surface area contributed by atoms with Crippen molar-refractivity contribution in [1.82, 2.24) is 0 Å². The van der Waals surface area contributed by atoms with Gasteiger partial charge in [0, 0.05) is 0 Å². The first-order valence-corrected chi connectivity index (χ1v) is 3.41. The van der Waals surface area contributed by atoms with Crippen LogP contribution in [0.1, 0.15) is 13.8 Å². The van der Waals surface area contributed by atoms with Gasteiger partial charge >= 0.3 is 8.25 Å². The summed E-state index contributed by atoms with van der Waals surface area (Å²) in [5.41, 5.74) is 0. The van der Waals surface area contributed by atoms with Crippen molar-refractivity contribution in [2.75, 3.05) is 0 Å². The second-order valence-corrected chi connectivity index (χ2v) is 2.79. The summed E-state index contributed by atoms with van der Waals surface area (Å²) in [6.07, 6.45) is 0. The number of hydrogen-bond acceptors (Lipinski definition) is 4. The summed E-state index contributed by atoms with van der Waals surface area (Å²) >= 11 is 0. The van der Waals surface area contributed by atoms with Crippen molar-refractivity contribution >= 4 is 8.25 Å². The van der Waals surface area contributed by atoms with Gasteiger partial charge in [-0.1, -0.05) is 0 Å². The normalized spacial score (nSPS) is 35.5. The van der Waals surface area contributed by atoms with Crippen LogP contribution in [0.15, 0.2) is 0 Å². The first-order chi connectivity index (χ1) is 3.60. The predicted molar refractivity (Wildman–Crippen MR) is 26.3 cm³/mol. The molecule has 1 aliphatic rings. The second kappa shape index (κ2) is 1.81. The zero-order valence-corrected chi connectivity index (χ0v) is 5.63. The average molecular weight is 138 g/mol. The molecule has 0 bridgehead atoms. The minimum atomic E-state index is -2.34. The molecule has 5 heteroatoms. The molecule has 0 aromatic heterocycles. The third-order valence-electron chi connectivity index (χ3n) is 0.640. The van der Waals surface area contributed by atoms with Gasteiger partial charge < -0.3 is 0 Å². The minimum absolute atomic E-state index is 0.823. The lowest BCUT2D eigenvalue weighted by Crippen LogP contribution is -2.17. The molecule has 1 heterocycles. The highest BCUT2D eigenvalue weighted by Gasteiger charge is 2.31. The van der Waals surface area contributed by atoms with Crippen molar-refractivity contribution in [3.05, 3.63) is 0 Å². The van der Waals surface area contributed by atoms with Crippen molar-refractivity contribution in [3.8, 4) is 0 Å². The Morgan fingerprint density at radius 1 is 1.50 bits per heavy atom. The molecule has 8 heavy (non-hydrogen) atoms. The molecule has 1 atom stereocenters. The minimum Gasteiger partial charge on any atom is -0.273 e. The summed E-state index contributed by atoms with van der Waals surface area (Å²) < 4.78 is 19.1. The maximum Gasteiger partial charge on any atom is 0.349 e. The molecule has 1 aliphatic heterocycles. The van der Waals surface area contributed by atoms with E-state index >= 15 is 0 Å². The Bertz CT molecular complexity index is 120. The van der Waals surface area contributed by atoms with Gasteiger partial charge in [-0.3, -0.25) is 9.09 Å². The van der Waals surface area contributed by atoms with Gasteiger partial charge in [-0.05, 0) is 13.8 Å². The molecule has 1 unspecified atom stereocenters. The lowest BCUT2D eigenvalue weighted by Gasteiger charge is -2.08. The molecule has 0 amide bonds. The van der Waals surface area contributed by atoms with E-state index in [2.05, 4.69) is 14.1 Å². The highest BCUT2D eigenvalue weighted by Crippen LogP contribution is 2.40. The van der Waals surface area contributed by atoms with Crippen LogP contribution in [0.5, 0.6) is 0 Å². The van der Waals surface area contributed by atoms with E-state index in [0.717, 1.165) is 0 Å². The first kappa shape index (κ1) is 6.23. The fourth-order valence-corrected chi connectivity index (χ4v) is 1.11. The molecule has 0 aliphatic carbocycles. The third-order valence-corrected chi connectivity index (χ3v) is 1.52. The number of rotatable bonds is 0. The molecule has 0 aromatic carbocycles. The number of hydrogen-bond donors (Lipinski definition) is 0.